The summed E-state index contributed by atoms with van der Waals surface area (Å²) in [7, 11) is 5.15. The molecule has 0 spiro atoms. The number of aromatic nitrogens is 4. The van der Waals surface area contributed by atoms with E-state index in [9.17, 15) is 28.4 Å². The average molecular weight is 1240 g/mol. The van der Waals surface area contributed by atoms with E-state index >= 15 is 17.6 Å². The van der Waals surface area contributed by atoms with E-state index in [4.69, 9.17) is 39.4 Å². The van der Waals surface area contributed by atoms with Crippen LogP contribution < -0.4 is 26.2 Å². The lowest BCUT2D eigenvalue weighted by Gasteiger charge is -2.36. The summed E-state index contributed by atoms with van der Waals surface area (Å²) in [5.74, 6) is -5.05. The predicted octanol–water partition coefficient (Wildman–Crippen LogP) is 9.40. The number of H-pyrrole nitrogens is 1. The number of aromatic amines is 1. The molecule has 0 aliphatic carbocycles. The Morgan fingerprint density at radius 3 is 1.75 bits per heavy atom. The molecule has 4 fully saturated rings. The van der Waals surface area contributed by atoms with Crippen molar-refractivity contribution in [3.05, 3.63) is 118 Å². The number of hydrogen-bond donors (Lipinski definition) is 4. The highest BCUT2D eigenvalue weighted by Crippen LogP contribution is 2.50. The highest BCUT2D eigenvalue weighted by atomic mass is 19.1. The second kappa shape index (κ2) is 26.9. The number of fused-ring (bicyclic) bond motifs is 2. The van der Waals surface area contributed by atoms with E-state index in [-0.39, 0.29) is 81.9 Å². The van der Waals surface area contributed by atoms with E-state index in [0.29, 0.717) is 69.5 Å². The number of anilines is 2. The van der Waals surface area contributed by atoms with Gasteiger partial charge in [0.2, 0.25) is 11.8 Å². The van der Waals surface area contributed by atoms with Crippen molar-refractivity contribution in [3.63, 3.8) is 0 Å². The van der Waals surface area contributed by atoms with Gasteiger partial charge in [-0.2, -0.15) is 0 Å². The van der Waals surface area contributed by atoms with Gasteiger partial charge in [-0.05, 0) is 119 Å². The van der Waals surface area contributed by atoms with Gasteiger partial charge in [0.25, 0.3) is 0 Å². The lowest BCUT2D eigenvalue weighted by Crippen LogP contribution is -2.54. The summed E-state index contributed by atoms with van der Waals surface area (Å²) in [6, 6.07) is 7.37. The van der Waals surface area contributed by atoms with Crippen molar-refractivity contribution < 1.29 is 69.6 Å². The summed E-state index contributed by atoms with van der Waals surface area (Å²) in [4.78, 5) is 86.4. The number of benzene rings is 4. The van der Waals surface area contributed by atoms with Crippen LogP contribution in [0.5, 0.6) is 0 Å². The van der Waals surface area contributed by atoms with Gasteiger partial charge in [-0.25, -0.2) is 41.5 Å². The summed E-state index contributed by atoms with van der Waals surface area (Å²) < 4.78 is 111. The predicted molar refractivity (Wildman–Crippen MR) is 318 cm³/mol. The smallest absolute Gasteiger partial charge is 0.407 e. The Hall–Kier alpha value is -8.10. The number of alkyl carbamates (subject to hydrolysis) is 2. The monoisotopic (exact) mass is 1240 g/mol. The first kappa shape index (κ1) is 63.9. The van der Waals surface area contributed by atoms with Crippen molar-refractivity contribution in [2.45, 2.75) is 146 Å². The maximum absolute atomic E-state index is 17.7. The molecule has 4 saturated heterocycles. The van der Waals surface area contributed by atoms with Crippen LogP contribution in [-0.2, 0) is 44.8 Å². The number of nitrogens with zero attached hydrogens (tertiary/aromatic N) is 7. The zero-order valence-electron chi connectivity index (χ0n) is 51.0. The molecule has 0 saturated carbocycles. The van der Waals surface area contributed by atoms with E-state index in [1.807, 2.05) is 0 Å². The van der Waals surface area contributed by atoms with Gasteiger partial charge in [-0.15, -0.1) is 0 Å². The average Bonchev–Trinajstić information content (AvgIpc) is 1.66. The summed E-state index contributed by atoms with van der Waals surface area (Å²) in [5.41, 5.74) is 7.98. The molecule has 89 heavy (non-hydrogen) atoms. The minimum Gasteiger partial charge on any atom is -0.453 e. The maximum atomic E-state index is 17.7. The Labute approximate surface area is 511 Å². The van der Waals surface area contributed by atoms with Crippen LogP contribution in [0.15, 0.2) is 60.7 Å². The van der Waals surface area contributed by atoms with Gasteiger partial charge < -0.3 is 64.6 Å². The molecule has 0 bridgehead atoms. The van der Waals surface area contributed by atoms with E-state index in [1.165, 1.54) is 73.3 Å². The third-order valence-corrected chi connectivity index (χ3v) is 18.2. The molecule has 9 atom stereocenters. The van der Waals surface area contributed by atoms with Crippen molar-refractivity contribution in [1.29, 1.82) is 0 Å². The Morgan fingerprint density at radius 2 is 1.19 bits per heavy atom. The van der Waals surface area contributed by atoms with E-state index in [1.54, 1.807) is 60.6 Å². The lowest BCUT2D eigenvalue weighted by atomic mass is 9.89. The highest BCUT2D eigenvalue weighted by Gasteiger charge is 2.44. The van der Waals surface area contributed by atoms with Crippen molar-refractivity contribution in [3.8, 4) is 0 Å². The fourth-order valence-corrected chi connectivity index (χ4v) is 13.1. The Bertz CT molecular complexity index is 3580. The third-order valence-electron chi connectivity index (χ3n) is 18.2. The molecule has 1 unspecified atom stereocenters. The van der Waals surface area contributed by atoms with E-state index in [0.717, 1.165) is 12.7 Å². The number of nitrogens with one attached hydrogen (secondary N) is 3. The Kier molecular flexibility index (Phi) is 19.3. The Balaban J connectivity index is 1.05. The van der Waals surface area contributed by atoms with E-state index < -0.39 is 114 Å². The van der Waals surface area contributed by atoms with Gasteiger partial charge >= 0.3 is 18.2 Å². The first-order valence-electron chi connectivity index (χ1n) is 30.1. The number of imidazole rings is 2. The maximum Gasteiger partial charge on any atom is 0.407 e. The summed E-state index contributed by atoms with van der Waals surface area (Å²) in [6.07, 6.45) is 0.0529. The highest BCUT2D eigenvalue weighted by molar-refractivity contribution is 5.88. The number of methoxy groups -OCH3 is 4. The van der Waals surface area contributed by atoms with Crippen molar-refractivity contribution in [1.82, 2.24) is 40.0 Å². The number of nitrogens with two attached hydrogens (primary N) is 1. The summed E-state index contributed by atoms with van der Waals surface area (Å²) in [5, 5.41) is 5.14. The minimum atomic E-state index is -1.20. The second-order valence-corrected chi connectivity index (χ2v) is 23.7. The summed E-state index contributed by atoms with van der Waals surface area (Å²) >= 11 is 0. The van der Waals surface area contributed by atoms with Gasteiger partial charge in [-0.1, -0.05) is 26.0 Å². The van der Waals surface area contributed by atoms with Gasteiger partial charge in [0.15, 0.2) is 18.4 Å². The van der Waals surface area contributed by atoms with Crippen LogP contribution in [-0.4, -0.2) is 144 Å². The molecular formula is C63H76F5N11O10. The van der Waals surface area contributed by atoms with Crippen LogP contribution in [0.3, 0.4) is 0 Å². The number of likely N-dealkylation sites (tertiary alicyclic amines) is 2. The molecule has 6 aromatic rings. The van der Waals surface area contributed by atoms with Gasteiger partial charge in [0, 0.05) is 69.3 Å². The fourth-order valence-electron chi connectivity index (χ4n) is 13.1. The van der Waals surface area contributed by atoms with Crippen molar-refractivity contribution in [2.75, 3.05) is 64.4 Å². The number of esters is 1. The molecule has 2 aromatic heterocycles. The fraction of sp³-hybridized carbons (Fsp3) is 0.508. The van der Waals surface area contributed by atoms with Crippen LogP contribution in [0.1, 0.15) is 137 Å². The molecule has 26 heteroatoms. The van der Waals surface area contributed by atoms with Crippen LogP contribution in [0.4, 0.5) is 42.9 Å². The van der Waals surface area contributed by atoms with Crippen LogP contribution >= 0.6 is 0 Å². The lowest BCUT2D eigenvalue weighted by molar-refractivity contribution is -0.150. The second-order valence-electron chi connectivity index (χ2n) is 23.7. The number of piperidine rings is 1. The molecule has 4 aromatic carbocycles. The largest absolute Gasteiger partial charge is 0.453 e. The topological polar surface area (TPSA) is 241 Å². The van der Waals surface area contributed by atoms with Crippen LogP contribution in [0, 0.1) is 35.0 Å². The van der Waals surface area contributed by atoms with Gasteiger partial charge in [0.05, 0.1) is 72.7 Å². The Morgan fingerprint density at radius 1 is 0.640 bits per heavy atom. The van der Waals surface area contributed by atoms with Gasteiger partial charge in [-0.3, -0.25) is 19.0 Å². The van der Waals surface area contributed by atoms with Crippen LogP contribution in [0.25, 0.3) is 22.1 Å². The van der Waals surface area contributed by atoms with Crippen molar-refractivity contribution >= 4 is 63.4 Å². The normalized spacial score (nSPS) is 20.7. The standard InChI is InChI=1S/C63H76F5N11O10/c1-32(2)53(69)61(82)89-31-78-52-30-42(66)40(28-47(52)72-58(78)51-12-10-22-77(51)60(81)55(34(4)86-6)74-63(84)88-8)49-18-17-48(79(49)38-25-43(67)56(44(68)26-38)75-23-19-36(20-24-75)35-13-15-37(64)16-14-35)39-27-45-46(29-41(39)65)71-57(70-45)50-11-9-21-76(50)59(80)54(33(3)85-5)73-62(83)87-7/h13-16,25-30,32-34,36,48-51,53-55H,9-12,17-24,31,69H2,1-8H3,(H,70,71)(H,73,83)(H,74,84)/t33-,34-,48-,49-,50+,51+,53?,54+,55+/m1/s1. The number of hydrogen-bond acceptors (Lipinski definition) is 15. The number of ether oxygens (including phenoxy) is 5. The number of carbonyl (C=O) groups excluding carboxylic acids is 5. The molecule has 4 amide bonds. The molecule has 4 aliphatic rings. The molecule has 10 rings (SSSR count). The van der Waals surface area contributed by atoms with Crippen LogP contribution in [0.2, 0.25) is 0 Å². The SMILES string of the molecule is COC(=O)N[C@H](C(=O)N1CCC[C@H]1c1nc2cc(F)c([C@H]3CC[C@H](c4cc5nc([C@@H]6CCCN6C(=O)[C@@H](NC(=O)OC)[C@@H](C)OC)n(COC(=O)C(N)C(C)C)c5cc4F)N3c3cc(F)c(N4CCC(c5ccc(F)cc5)CC4)c(F)c3)cc2[nH]1)[C@@H](C)OC. The zero-order valence-corrected chi connectivity index (χ0v) is 51.0. The molecule has 6 heterocycles. The summed E-state index contributed by atoms with van der Waals surface area (Å²) in [6.45, 7) is 7.40. The third kappa shape index (κ3) is 12.9. The first-order valence-corrected chi connectivity index (χ1v) is 30.1. The number of halogens is 5. The quantitative estimate of drug-likeness (QED) is 0.0335. The first-order chi connectivity index (χ1) is 42.6. The molecule has 5 N–H and O–H groups in total. The molecule has 21 nitrogen and oxygen atoms in total. The van der Waals surface area contributed by atoms with Gasteiger partial charge in [0.1, 0.15) is 52.9 Å². The number of amides is 4. The number of carbonyl (C=O) groups is 5. The van der Waals surface area contributed by atoms with Crippen molar-refractivity contribution in [2.24, 2.45) is 11.7 Å². The molecular weight excluding hydrogens is 1170 g/mol. The van der Waals surface area contributed by atoms with E-state index in [2.05, 4.69) is 15.6 Å². The zero-order chi connectivity index (χ0) is 63.7. The molecule has 478 valence electrons. The minimum absolute atomic E-state index is 0.0117. The number of rotatable bonds is 19. The molecule has 0 radical (unpaired) electrons. The molecule has 4 aliphatic heterocycles.